The van der Waals surface area contributed by atoms with E-state index < -0.39 is 0 Å². The van der Waals surface area contributed by atoms with Crippen LogP contribution >= 0.6 is 0 Å². The molecule has 2 aromatic rings. The quantitative estimate of drug-likeness (QED) is 0.639. The van der Waals surface area contributed by atoms with Crippen molar-refractivity contribution in [1.82, 2.24) is 0 Å². The third-order valence-electron chi connectivity index (χ3n) is 4.13. The molecule has 2 heteroatoms. The molecule has 0 aliphatic carbocycles. The fourth-order valence-electron chi connectivity index (χ4n) is 3.03. The molecule has 0 bridgehead atoms. The van der Waals surface area contributed by atoms with Gasteiger partial charge in [-0.2, -0.15) is 0 Å². The van der Waals surface area contributed by atoms with Gasteiger partial charge in [-0.15, -0.1) is 0 Å². The molecule has 0 saturated heterocycles. The lowest BCUT2D eigenvalue weighted by molar-refractivity contribution is 0.0469. The van der Waals surface area contributed by atoms with Gasteiger partial charge in [0.05, 0.1) is 5.56 Å². The SMILES string of the molecule is CCCCc1cccc(C(=O)OCc2ccccc2)c1C(C)(C)C. The number of hydrogen-bond acceptors (Lipinski definition) is 2. The molecule has 0 radical (unpaired) electrons. The maximum absolute atomic E-state index is 12.7. The molecular formula is C22H28O2. The molecule has 0 heterocycles. The molecule has 24 heavy (non-hydrogen) atoms. The summed E-state index contributed by atoms with van der Waals surface area (Å²) in [4.78, 5) is 12.7. The van der Waals surface area contributed by atoms with Crippen molar-refractivity contribution in [3.63, 3.8) is 0 Å². The first-order chi connectivity index (χ1) is 11.4. The largest absolute Gasteiger partial charge is 0.457 e. The van der Waals surface area contributed by atoms with Crippen LogP contribution in [-0.4, -0.2) is 5.97 Å². The van der Waals surface area contributed by atoms with E-state index in [1.165, 1.54) is 5.56 Å². The number of benzene rings is 2. The minimum absolute atomic E-state index is 0.0918. The van der Waals surface area contributed by atoms with Crippen molar-refractivity contribution < 1.29 is 9.53 Å². The van der Waals surface area contributed by atoms with E-state index in [2.05, 4.69) is 33.8 Å². The Bertz CT molecular complexity index is 666. The second kappa shape index (κ2) is 8.14. The van der Waals surface area contributed by atoms with E-state index in [0.717, 1.165) is 30.4 Å². The van der Waals surface area contributed by atoms with Gasteiger partial charge in [-0.05, 0) is 41.0 Å². The summed E-state index contributed by atoms with van der Waals surface area (Å²) in [5.41, 5.74) is 4.00. The Morgan fingerprint density at radius 2 is 1.71 bits per heavy atom. The number of hydrogen-bond donors (Lipinski definition) is 0. The molecule has 2 nitrogen and oxygen atoms in total. The molecule has 0 saturated carbocycles. The number of esters is 1. The van der Waals surface area contributed by atoms with Gasteiger partial charge in [0.15, 0.2) is 0 Å². The average molecular weight is 324 g/mol. The molecule has 0 aliphatic heterocycles. The van der Waals surface area contributed by atoms with Crippen molar-refractivity contribution >= 4 is 5.97 Å². The summed E-state index contributed by atoms with van der Waals surface area (Å²) >= 11 is 0. The molecule has 2 aromatic carbocycles. The standard InChI is InChI=1S/C22H28O2/c1-5-6-13-18-14-10-15-19(20(18)22(2,3)4)21(23)24-16-17-11-8-7-9-12-17/h7-12,14-15H,5-6,13,16H2,1-4H3. The number of unbranched alkanes of at least 4 members (excludes halogenated alkanes) is 1. The van der Waals surface area contributed by atoms with Crippen LogP contribution in [0.5, 0.6) is 0 Å². The Morgan fingerprint density at radius 1 is 1.00 bits per heavy atom. The highest BCUT2D eigenvalue weighted by Crippen LogP contribution is 2.31. The lowest BCUT2D eigenvalue weighted by Crippen LogP contribution is -2.21. The Morgan fingerprint density at radius 3 is 2.33 bits per heavy atom. The predicted molar refractivity (Wildman–Crippen MR) is 99.3 cm³/mol. The van der Waals surface area contributed by atoms with Crippen LogP contribution in [-0.2, 0) is 23.2 Å². The van der Waals surface area contributed by atoms with E-state index in [1.54, 1.807) is 0 Å². The first-order valence-corrected chi connectivity index (χ1v) is 8.77. The van der Waals surface area contributed by atoms with Crippen LogP contribution in [0.3, 0.4) is 0 Å². The summed E-state index contributed by atoms with van der Waals surface area (Å²) in [6, 6.07) is 15.8. The van der Waals surface area contributed by atoms with E-state index in [9.17, 15) is 4.79 Å². The highest BCUT2D eigenvalue weighted by molar-refractivity contribution is 5.92. The summed E-state index contributed by atoms with van der Waals surface area (Å²) in [5, 5.41) is 0. The molecule has 2 rings (SSSR count). The van der Waals surface area contributed by atoms with Gasteiger partial charge in [-0.1, -0.05) is 76.6 Å². The molecule has 0 aromatic heterocycles. The van der Waals surface area contributed by atoms with Crippen LogP contribution in [0.25, 0.3) is 0 Å². The van der Waals surface area contributed by atoms with Crippen LogP contribution in [0.4, 0.5) is 0 Å². The Kier molecular flexibility index (Phi) is 6.19. The zero-order chi connectivity index (χ0) is 17.6. The lowest BCUT2D eigenvalue weighted by atomic mass is 9.79. The van der Waals surface area contributed by atoms with E-state index in [0.29, 0.717) is 12.2 Å². The molecule has 128 valence electrons. The van der Waals surface area contributed by atoms with Gasteiger partial charge >= 0.3 is 5.97 Å². The van der Waals surface area contributed by atoms with Crippen LogP contribution < -0.4 is 0 Å². The van der Waals surface area contributed by atoms with Gasteiger partial charge in [0.2, 0.25) is 0 Å². The third-order valence-corrected chi connectivity index (χ3v) is 4.13. The lowest BCUT2D eigenvalue weighted by Gasteiger charge is -2.26. The fourth-order valence-corrected chi connectivity index (χ4v) is 3.03. The van der Waals surface area contributed by atoms with Crippen LogP contribution in [0.1, 0.15) is 67.6 Å². The summed E-state index contributed by atoms with van der Waals surface area (Å²) in [5.74, 6) is -0.234. The second-order valence-electron chi connectivity index (χ2n) is 7.25. The van der Waals surface area contributed by atoms with Gasteiger partial charge < -0.3 is 4.74 Å². The maximum atomic E-state index is 12.7. The topological polar surface area (TPSA) is 26.3 Å². The normalized spacial score (nSPS) is 11.3. The summed E-state index contributed by atoms with van der Waals surface area (Å²) in [6.45, 7) is 8.97. The predicted octanol–water partition coefficient (Wildman–Crippen LogP) is 5.68. The zero-order valence-corrected chi connectivity index (χ0v) is 15.3. The molecule has 0 fully saturated rings. The summed E-state index contributed by atoms with van der Waals surface area (Å²) in [7, 11) is 0. The third kappa shape index (κ3) is 4.70. The van der Waals surface area contributed by atoms with Crippen molar-refractivity contribution in [3.05, 3.63) is 70.8 Å². The average Bonchev–Trinajstić information content (AvgIpc) is 2.57. The van der Waals surface area contributed by atoms with Crippen LogP contribution in [0.2, 0.25) is 0 Å². The Hall–Kier alpha value is -2.09. The van der Waals surface area contributed by atoms with Gasteiger partial charge in [-0.25, -0.2) is 4.79 Å². The number of carbonyl (C=O) groups excluding carboxylic acids is 1. The highest BCUT2D eigenvalue weighted by atomic mass is 16.5. The Balaban J connectivity index is 2.26. The highest BCUT2D eigenvalue weighted by Gasteiger charge is 2.25. The van der Waals surface area contributed by atoms with Crippen molar-refractivity contribution in [2.45, 2.75) is 59.0 Å². The zero-order valence-electron chi connectivity index (χ0n) is 15.3. The molecule has 0 N–H and O–H groups in total. The van der Waals surface area contributed by atoms with Crippen molar-refractivity contribution in [1.29, 1.82) is 0 Å². The van der Waals surface area contributed by atoms with E-state index in [1.807, 2.05) is 42.5 Å². The molecule has 0 spiro atoms. The molecule has 0 aliphatic rings. The minimum Gasteiger partial charge on any atom is -0.457 e. The van der Waals surface area contributed by atoms with Gasteiger partial charge in [0.1, 0.15) is 6.61 Å². The molecular weight excluding hydrogens is 296 g/mol. The van der Waals surface area contributed by atoms with E-state index in [4.69, 9.17) is 4.74 Å². The van der Waals surface area contributed by atoms with Crippen molar-refractivity contribution in [2.24, 2.45) is 0 Å². The monoisotopic (exact) mass is 324 g/mol. The number of rotatable bonds is 6. The van der Waals surface area contributed by atoms with E-state index in [-0.39, 0.29) is 11.4 Å². The molecule has 0 amide bonds. The fraction of sp³-hybridized carbons (Fsp3) is 0.409. The number of ether oxygens (including phenoxy) is 1. The van der Waals surface area contributed by atoms with Gasteiger partial charge in [-0.3, -0.25) is 0 Å². The minimum atomic E-state index is -0.234. The molecule has 0 unspecified atom stereocenters. The van der Waals surface area contributed by atoms with Gasteiger partial charge in [0.25, 0.3) is 0 Å². The number of aryl methyl sites for hydroxylation is 1. The maximum Gasteiger partial charge on any atom is 0.338 e. The van der Waals surface area contributed by atoms with Crippen LogP contribution in [0.15, 0.2) is 48.5 Å². The number of carbonyl (C=O) groups is 1. The summed E-state index contributed by atoms with van der Waals surface area (Å²) < 4.78 is 5.57. The Labute approximate surface area is 145 Å². The van der Waals surface area contributed by atoms with Gasteiger partial charge in [0, 0.05) is 0 Å². The van der Waals surface area contributed by atoms with E-state index >= 15 is 0 Å². The first kappa shape index (κ1) is 18.3. The van der Waals surface area contributed by atoms with Crippen molar-refractivity contribution in [3.8, 4) is 0 Å². The summed E-state index contributed by atoms with van der Waals surface area (Å²) in [6.07, 6.45) is 3.28. The second-order valence-corrected chi connectivity index (χ2v) is 7.25. The first-order valence-electron chi connectivity index (χ1n) is 8.77. The van der Waals surface area contributed by atoms with Crippen LogP contribution in [0, 0.1) is 0 Å². The van der Waals surface area contributed by atoms with Crippen molar-refractivity contribution in [2.75, 3.05) is 0 Å². The molecule has 0 atom stereocenters. The smallest absolute Gasteiger partial charge is 0.338 e.